The summed E-state index contributed by atoms with van der Waals surface area (Å²) in [5, 5.41) is 13.7. The predicted octanol–water partition coefficient (Wildman–Crippen LogP) is 6.13. The highest BCUT2D eigenvalue weighted by Crippen LogP contribution is 2.42. The van der Waals surface area contributed by atoms with Crippen molar-refractivity contribution < 1.29 is 46.2 Å². The number of rotatable bonds is 12. The van der Waals surface area contributed by atoms with Crippen molar-refractivity contribution in [2.75, 3.05) is 19.0 Å². The average molecular weight is 784 g/mol. The zero-order chi connectivity index (χ0) is 37.6. The van der Waals surface area contributed by atoms with Crippen LogP contribution in [0, 0.1) is 11.8 Å². The Hall–Kier alpha value is -4.54. The van der Waals surface area contributed by atoms with Gasteiger partial charge in [0.1, 0.15) is 11.6 Å². The van der Waals surface area contributed by atoms with Gasteiger partial charge in [-0.1, -0.05) is 28.1 Å². The van der Waals surface area contributed by atoms with Crippen LogP contribution in [0.3, 0.4) is 0 Å². The van der Waals surface area contributed by atoms with Crippen molar-refractivity contribution in [2.45, 2.75) is 76.4 Å². The lowest BCUT2D eigenvalue weighted by Gasteiger charge is -2.29. The molecule has 0 aliphatic heterocycles. The molecule has 1 saturated carbocycles. The fourth-order valence-corrected chi connectivity index (χ4v) is 5.66. The van der Waals surface area contributed by atoms with Crippen LogP contribution >= 0.6 is 15.9 Å². The first-order valence-corrected chi connectivity index (χ1v) is 16.9. The quantitative estimate of drug-likeness (QED) is 0.126. The van der Waals surface area contributed by atoms with Crippen LogP contribution in [0.15, 0.2) is 53.0 Å². The first-order valence-electron chi connectivity index (χ1n) is 16.1. The van der Waals surface area contributed by atoms with E-state index in [2.05, 4.69) is 46.7 Å². The van der Waals surface area contributed by atoms with Crippen LogP contribution in [0.2, 0.25) is 0 Å². The largest absolute Gasteiger partial charge is 0.464 e. The van der Waals surface area contributed by atoms with E-state index < -0.39 is 47.3 Å². The van der Waals surface area contributed by atoms with E-state index in [0.29, 0.717) is 39.3 Å². The number of alkyl carbamates (subject to hydrolysis) is 1. The van der Waals surface area contributed by atoms with Gasteiger partial charge in [0.05, 0.1) is 7.11 Å². The minimum atomic E-state index is -5.20. The van der Waals surface area contributed by atoms with Gasteiger partial charge in [0, 0.05) is 34.6 Å². The lowest BCUT2D eigenvalue weighted by Crippen LogP contribution is -2.48. The third kappa shape index (κ3) is 10.3. The topological polar surface area (TPSA) is 164 Å². The number of ether oxygens (including phenoxy) is 2. The minimum Gasteiger partial charge on any atom is -0.464 e. The number of aromatic amines is 1. The zero-order valence-electron chi connectivity index (χ0n) is 28.3. The standard InChI is InChI=1S/C34H39BrF4N6O6/c1-32(2,3)51-31(49)40-18-20-5-9-22(10-6-20)27(46)42-25(17-19-7-13-23(35)14-8-19)28(47)41-24-15-11-21(12-16-24)26-43-29(45-44-26)33(36,37)34(38,39)30(48)50-4/h7-8,11-16,20,22,25H,5-6,9-10,17-18H2,1-4H3,(H,40,49)(H,41,47)(H,42,46)(H,43,44,45)/t20?,22?,25-/m0/s1. The lowest BCUT2D eigenvalue weighted by molar-refractivity contribution is -0.233. The third-order valence-electron chi connectivity index (χ3n) is 8.17. The molecule has 0 saturated heterocycles. The molecule has 4 N–H and O–H groups in total. The maximum atomic E-state index is 14.4. The van der Waals surface area contributed by atoms with Gasteiger partial charge in [0.25, 0.3) is 0 Å². The summed E-state index contributed by atoms with van der Waals surface area (Å²) in [4.78, 5) is 53.7. The number of anilines is 1. The second kappa shape index (κ2) is 16.2. The minimum absolute atomic E-state index is 0.143. The first-order chi connectivity index (χ1) is 23.9. The van der Waals surface area contributed by atoms with Gasteiger partial charge in [0.2, 0.25) is 17.6 Å². The number of benzene rings is 2. The number of nitrogens with zero attached hydrogens (tertiary/aromatic N) is 2. The summed E-state index contributed by atoms with van der Waals surface area (Å²) in [5.74, 6) is -15.5. The molecule has 1 heterocycles. The first kappa shape index (κ1) is 39.2. The molecular formula is C34H39BrF4N6O6. The van der Waals surface area contributed by atoms with E-state index in [0.717, 1.165) is 10.0 Å². The van der Waals surface area contributed by atoms with Gasteiger partial charge < -0.3 is 25.4 Å². The number of hydrogen-bond acceptors (Lipinski definition) is 8. The van der Waals surface area contributed by atoms with Crippen molar-refractivity contribution >= 4 is 45.5 Å². The van der Waals surface area contributed by atoms with Crippen LogP contribution < -0.4 is 16.0 Å². The maximum absolute atomic E-state index is 14.4. The van der Waals surface area contributed by atoms with E-state index in [1.807, 2.05) is 24.3 Å². The number of nitrogens with one attached hydrogen (secondary N) is 4. The van der Waals surface area contributed by atoms with Gasteiger partial charge >= 0.3 is 23.9 Å². The number of methoxy groups -OCH3 is 1. The Morgan fingerprint density at radius 3 is 2.18 bits per heavy atom. The molecule has 1 aliphatic rings. The highest BCUT2D eigenvalue weighted by atomic mass is 79.9. The van der Waals surface area contributed by atoms with Gasteiger partial charge in [-0.25, -0.2) is 14.6 Å². The normalized spacial score (nSPS) is 17.2. The summed E-state index contributed by atoms with van der Waals surface area (Å²) in [6.07, 6.45) is 2.27. The smallest absolute Gasteiger partial charge is 0.412 e. The molecule has 2 aromatic carbocycles. The molecule has 51 heavy (non-hydrogen) atoms. The molecule has 1 aliphatic carbocycles. The number of carbonyl (C=O) groups is 4. The van der Waals surface area contributed by atoms with E-state index in [1.54, 1.807) is 25.9 Å². The Bertz CT molecular complexity index is 1690. The fraction of sp³-hybridized carbons (Fsp3) is 0.471. The number of alkyl halides is 4. The zero-order valence-corrected chi connectivity index (χ0v) is 29.9. The van der Waals surface area contributed by atoms with Gasteiger partial charge in [-0.3, -0.25) is 14.7 Å². The molecule has 1 atom stereocenters. The predicted molar refractivity (Wildman–Crippen MR) is 181 cm³/mol. The van der Waals surface area contributed by atoms with Crippen molar-refractivity contribution in [1.82, 2.24) is 25.8 Å². The molecule has 3 amide bonds. The Balaban J connectivity index is 1.40. The van der Waals surface area contributed by atoms with Crippen LogP contribution in [0.5, 0.6) is 0 Å². The number of esters is 1. The summed E-state index contributed by atoms with van der Waals surface area (Å²) in [5.41, 5.74) is 0.618. The Morgan fingerprint density at radius 2 is 1.59 bits per heavy atom. The molecule has 12 nitrogen and oxygen atoms in total. The number of aromatic nitrogens is 3. The fourth-order valence-electron chi connectivity index (χ4n) is 5.39. The van der Waals surface area contributed by atoms with Crippen LogP contribution in [-0.2, 0) is 36.2 Å². The van der Waals surface area contributed by atoms with Crippen LogP contribution in [0.1, 0.15) is 57.8 Å². The summed E-state index contributed by atoms with van der Waals surface area (Å²) in [7, 11) is 0.553. The lowest BCUT2D eigenvalue weighted by atomic mass is 9.81. The Morgan fingerprint density at radius 1 is 0.961 bits per heavy atom. The van der Waals surface area contributed by atoms with Crippen molar-refractivity contribution in [3.8, 4) is 11.4 Å². The maximum Gasteiger partial charge on any atom is 0.412 e. The average Bonchev–Trinajstić information content (AvgIpc) is 3.59. The van der Waals surface area contributed by atoms with Gasteiger partial charge in [0.15, 0.2) is 5.82 Å². The molecule has 0 bridgehead atoms. The number of hydrogen-bond donors (Lipinski definition) is 4. The third-order valence-corrected chi connectivity index (χ3v) is 8.70. The van der Waals surface area contributed by atoms with Crippen molar-refractivity contribution in [2.24, 2.45) is 11.8 Å². The molecule has 276 valence electrons. The number of carbonyl (C=O) groups excluding carboxylic acids is 4. The summed E-state index contributed by atoms with van der Waals surface area (Å²) in [6, 6.07) is 11.9. The molecule has 0 unspecified atom stereocenters. The second-order valence-corrected chi connectivity index (χ2v) is 14.1. The van der Waals surface area contributed by atoms with Crippen molar-refractivity contribution in [3.63, 3.8) is 0 Å². The van der Waals surface area contributed by atoms with E-state index >= 15 is 0 Å². The SMILES string of the molecule is COC(=O)C(F)(F)C(F)(F)c1nc(-c2ccc(NC(=O)[C@H](Cc3ccc(Br)cc3)NC(=O)C3CCC(CNC(=O)OC(C)(C)C)CC3)cc2)n[nH]1. The number of H-pyrrole nitrogens is 1. The Kier molecular flexibility index (Phi) is 12.5. The molecule has 0 spiro atoms. The van der Waals surface area contributed by atoms with Gasteiger partial charge in [-0.05, 0) is 94.3 Å². The Labute approximate surface area is 300 Å². The number of amides is 3. The monoisotopic (exact) mass is 782 g/mol. The molecule has 0 radical (unpaired) electrons. The van der Waals surface area contributed by atoms with Crippen molar-refractivity contribution in [3.05, 3.63) is 64.4 Å². The van der Waals surface area contributed by atoms with E-state index in [4.69, 9.17) is 4.74 Å². The summed E-state index contributed by atoms with van der Waals surface area (Å²) >= 11 is 3.39. The molecular weight excluding hydrogens is 744 g/mol. The van der Waals surface area contributed by atoms with Crippen LogP contribution in [0.4, 0.5) is 28.0 Å². The second-order valence-electron chi connectivity index (χ2n) is 13.2. The van der Waals surface area contributed by atoms with Crippen LogP contribution in [-0.4, -0.2) is 70.3 Å². The molecule has 1 fully saturated rings. The summed E-state index contributed by atoms with van der Waals surface area (Å²) in [6.45, 7) is 5.79. The van der Waals surface area contributed by atoms with Crippen LogP contribution in [0.25, 0.3) is 11.4 Å². The van der Waals surface area contributed by atoms with Gasteiger partial charge in [-0.15, -0.1) is 0 Å². The summed E-state index contributed by atoms with van der Waals surface area (Å²) < 4.78 is 66.7. The van der Waals surface area contributed by atoms with E-state index in [-0.39, 0.29) is 41.2 Å². The highest BCUT2D eigenvalue weighted by Gasteiger charge is 2.66. The molecule has 17 heteroatoms. The molecule has 1 aromatic heterocycles. The van der Waals surface area contributed by atoms with Crippen molar-refractivity contribution in [1.29, 1.82) is 0 Å². The van der Waals surface area contributed by atoms with Gasteiger partial charge in [-0.2, -0.15) is 22.7 Å². The number of halogens is 5. The van der Waals surface area contributed by atoms with E-state index in [1.165, 1.54) is 24.3 Å². The molecule has 4 rings (SSSR count). The molecule has 3 aromatic rings. The van der Waals surface area contributed by atoms with E-state index in [9.17, 15) is 36.7 Å². The highest BCUT2D eigenvalue weighted by molar-refractivity contribution is 9.10.